The van der Waals surface area contributed by atoms with Gasteiger partial charge in [0.1, 0.15) is 6.54 Å². The molecule has 2 amide bonds. The second-order valence-electron chi connectivity index (χ2n) is 4.93. The summed E-state index contributed by atoms with van der Waals surface area (Å²) in [7, 11) is 1.64. The van der Waals surface area contributed by atoms with Gasteiger partial charge in [0.05, 0.1) is 6.54 Å². The van der Waals surface area contributed by atoms with Crippen LogP contribution in [0.2, 0.25) is 0 Å². The first-order chi connectivity index (χ1) is 9.04. The molecule has 0 radical (unpaired) electrons. The fourth-order valence-corrected chi connectivity index (χ4v) is 2.22. The van der Waals surface area contributed by atoms with E-state index in [4.69, 9.17) is 5.73 Å². The third-order valence-electron chi connectivity index (χ3n) is 3.50. The molecule has 1 aliphatic rings. The number of hydrogen-bond donors (Lipinski definition) is 1. The van der Waals surface area contributed by atoms with Gasteiger partial charge in [0.15, 0.2) is 0 Å². The van der Waals surface area contributed by atoms with Crippen LogP contribution < -0.4 is 10.6 Å². The van der Waals surface area contributed by atoms with Gasteiger partial charge >= 0.3 is 0 Å². The highest BCUT2D eigenvalue weighted by atomic mass is 16.2. The number of nitrogens with zero attached hydrogens (tertiary/aromatic N) is 2. The second kappa shape index (κ2) is 5.40. The first-order valence-electron chi connectivity index (χ1n) is 6.38. The lowest BCUT2D eigenvalue weighted by Crippen LogP contribution is -2.52. The zero-order chi connectivity index (χ0) is 14.0. The average molecular weight is 261 g/mol. The van der Waals surface area contributed by atoms with Gasteiger partial charge in [0, 0.05) is 12.7 Å². The lowest BCUT2D eigenvalue weighted by Gasteiger charge is -2.33. The molecule has 19 heavy (non-hydrogen) atoms. The van der Waals surface area contributed by atoms with Crippen molar-refractivity contribution in [2.75, 3.05) is 31.6 Å². The van der Waals surface area contributed by atoms with E-state index < -0.39 is 0 Å². The fourth-order valence-electron chi connectivity index (χ4n) is 2.22. The molecule has 0 bridgehead atoms. The third-order valence-corrected chi connectivity index (χ3v) is 3.50. The van der Waals surface area contributed by atoms with Crippen molar-refractivity contribution in [3.8, 4) is 0 Å². The van der Waals surface area contributed by atoms with Gasteiger partial charge in [0.2, 0.25) is 11.8 Å². The van der Waals surface area contributed by atoms with Crippen molar-refractivity contribution < 1.29 is 9.59 Å². The predicted molar refractivity (Wildman–Crippen MR) is 73.9 cm³/mol. The van der Waals surface area contributed by atoms with Crippen molar-refractivity contribution in [3.05, 3.63) is 29.8 Å². The van der Waals surface area contributed by atoms with E-state index in [9.17, 15) is 9.59 Å². The maximum absolute atomic E-state index is 12.1. The van der Waals surface area contributed by atoms with Gasteiger partial charge in [-0.1, -0.05) is 25.1 Å². The molecule has 2 rings (SSSR count). The Hall–Kier alpha value is -1.88. The summed E-state index contributed by atoms with van der Waals surface area (Å²) in [5, 5.41) is 0. The Morgan fingerprint density at radius 2 is 1.89 bits per heavy atom. The molecule has 5 heteroatoms. The zero-order valence-electron chi connectivity index (χ0n) is 11.3. The quantitative estimate of drug-likeness (QED) is 0.864. The number of carbonyl (C=O) groups is 2. The molecular formula is C14H19N3O2. The highest BCUT2D eigenvalue weighted by molar-refractivity contribution is 6.04. The number of benzene rings is 1. The normalized spacial score (nSPS) is 17.8. The number of rotatable bonds is 3. The zero-order valence-corrected chi connectivity index (χ0v) is 11.3. The van der Waals surface area contributed by atoms with Gasteiger partial charge in [-0.3, -0.25) is 9.59 Å². The first-order valence-corrected chi connectivity index (χ1v) is 6.38. The van der Waals surface area contributed by atoms with Gasteiger partial charge in [-0.05, 0) is 24.1 Å². The summed E-state index contributed by atoms with van der Waals surface area (Å²) >= 11 is 0. The van der Waals surface area contributed by atoms with Gasteiger partial charge in [-0.15, -0.1) is 0 Å². The van der Waals surface area contributed by atoms with Crippen LogP contribution in [0.1, 0.15) is 18.4 Å². The molecule has 0 aromatic heterocycles. The van der Waals surface area contributed by atoms with Crippen molar-refractivity contribution in [3.63, 3.8) is 0 Å². The van der Waals surface area contributed by atoms with Gasteiger partial charge in [-0.25, -0.2) is 0 Å². The van der Waals surface area contributed by atoms with Gasteiger partial charge in [0.25, 0.3) is 0 Å². The van der Waals surface area contributed by atoms with Crippen LogP contribution in [0, 0.1) is 0 Å². The van der Waals surface area contributed by atoms with E-state index in [0.717, 1.165) is 11.3 Å². The van der Waals surface area contributed by atoms with Crippen molar-refractivity contribution in [2.24, 2.45) is 5.73 Å². The van der Waals surface area contributed by atoms with Gasteiger partial charge in [-0.2, -0.15) is 0 Å². The molecule has 1 fully saturated rings. The Labute approximate surface area is 113 Å². The second-order valence-corrected chi connectivity index (χ2v) is 4.93. The number of anilines is 1. The van der Waals surface area contributed by atoms with Crippen LogP contribution in [0.5, 0.6) is 0 Å². The number of amides is 2. The van der Waals surface area contributed by atoms with Crippen LogP contribution in [0.4, 0.5) is 5.69 Å². The molecule has 1 aromatic carbocycles. The third kappa shape index (κ3) is 2.61. The molecular weight excluding hydrogens is 242 g/mol. The van der Waals surface area contributed by atoms with Crippen molar-refractivity contribution in [2.45, 2.75) is 12.8 Å². The number of hydrogen-bond acceptors (Lipinski definition) is 3. The number of nitrogens with two attached hydrogens (primary N) is 1. The molecule has 0 saturated carbocycles. The minimum atomic E-state index is -0.0567. The Bertz CT molecular complexity index is 501. The summed E-state index contributed by atoms with van der Waals surface area (Å²) in [6, 6.07) is 7.63. The Morgan fingerprint density at radius 1 is 1.21 bits per heavy atom. The van der Waals surface area contributed by atoms with E-state index in [2.05, 4.69) is 0 Å². The van der Waals surface area contributed by atoms with Crippen LogP contribution in [0.15, 0.2) is 24.3 Å². The molecule has 0 aliphatic carbocycles. The van der Waals surface area contributed by atoms with Crippen molar-refractivity contribution in [1.82, 2.24) is 4.90 Å². The first kappa shape index (κ1) is 13.5. The molecule has 1 unspecified atom stereocenters. The topological polar surface area (TPSA) is 66.6 Å². The lowest BCUT2D eigenvalue weighted by molar-refractivity contribution is -0.136. The molecule has 2 N–H and O–H groups in total. The number of carbonyl (C=O) groups excluding carboxylic acids is 2. The van der Waals surface area contributed by atoms with Crippen LogP contribution in [0.25, 0.3) is 0 Å². The molecule has 1 saturated heterocycles. The monoisotopic (exact) mass is 261 g/mol. The van der Waals surface area contributed by atoms with Crippen LogP contribution in [-0.2, 0) is 9.59 Å². The SMILES string of the molecule is CC(CN)c1ccccc1N1CC(=O)N(C)CC1=O. The summed E-state index contributed by atoms with van der Waals surface area (Å²) in [6.45, 7) is 2.75. The fraction of sp³-hybridized carbons (Fsp3) is 0.429. The number of likely N-dealkylation sites (N-methyl/N-ethyl adjacent to an activating group) is 1. The summed E-state index contributed by atoms with van der Waals surface area (Å²) in [5.74, 6) is 0.0485. The van der Waals surface area contributed by atoms with E-state index in [-0.39, 0.29) is 30.8 Å². The molecule has 102 valence electrons. The smallest absolute Gasteiger partial charge is 0.247 e. The van der Waals surface area contributed by atoms with Crippen LogP contribution in [-0.4, -0.2) is 43.4 Å². The molecule has 1 atom stereocenters. The number of para-hydroxylation sites is 1. The molecule has 0 spiro atoms. The van der Waals surface area contributed by atoms with Crippen LogP contribution in [0.3, 0.4) is 0 Å². The summed E-state index contributed by atoms with van der Waals surface area (Å²) in [5.41, 5.74) is 7.52. The Balaban J connectivity index is 2.36. The highest BCUT2D eigenvalue weighted by Gasteiger charge is 2.30. The van der Waals surface area contributed by atoms with Crippen LogP contribution >= 0.6 is 0 Å². The predicted octanol–water partition coefficient (Wildman–Crippen LogP) is 0.554. The maximum Gasteiger partial charge on any atom is 0.247 e. The number of piperazine rings is 1. The van der Waals surface area contributed by atoms with E-state index in [0.29, 0.717) is 6.54 Å². The van der Waals surface area contributed by atoms with Gasteiger partial charge < -0.3 is 15.5 Å². The van der Waals surface area contributed by atoms with E-state index in [1.807, 2.05) is 31.2 Å². The largest absolute Gasteiger partial charge is 0.335 e. The van der Waals surface area contributed by atoms with E-state index in [1.165, 1.54) is 4.90 Å². The minimum Gasteiger partial charge on any atom is -0.335 e. The average Bonchev–Trinajstić information content (AvgIpc) is 2.42. The molecule has 5 nitrogen and oxygen atoms in total. The summed E-state index contributed by atoms with van der Waals surface area (Å²) in [6.07, 6.45) is 0. The van der Waals surface area contributed by atoms with E-state index in [1.54, 1.807) is 11.9 Å². The standard InChI is InChI=1S/C14H19N3O2/c1-10(7-15)11-5-3-4-6-12(11)17-9-13(18)16(2)8-14(17)19/h3-6,10H,7-9,15H2,1-2H3. The summed E-state index contributed by atoms with van der Waals surface area (Å²) in [4.78, 5) is 26.9. The lowest BCUT2D eigenvalue weighted by atomic mass is 9.98. The Kier molecular flexibility index (Phi) is 3.85. The Morgan fingerprint density at radius 3 is 2.58 bits per heavy atom. The summed E-state index contributed by atoms with van der Waals surface area (Å²) < 4.78 is 0. The highest BCUT2D eigenvalue weighted by Crippen LogP contribution is 2.28. The molecule has 1 heterocycles. The minimum absolute atomic E-state index is 0.0465. The molecule has 1 aliphatic heterocycles. The molecule has 1 aromatic rings. The van der Waals surface area contributed by atoms with Crippen molar-refractivity contribution >= 4 is 17.5 Å². The van der Waals surface area contributed by atoms with Crippen molar-refractivity contribution in [1.29, 1.82) is 0 Å². The maximum atomic E-state index is 12.1. The van der Waals surface area contributed by atoms with E-state index >= 15 is 0 Å².